The van der Waals surface area contributed by atoms with Crippen LogP contribution in [0.3, 0.4) is 0 Å². The molecule has 0 unspecified atom stereocenters. The SMILES string of the molecule is O=C(COc1cc(F)ccc1Br)c1ccc(I)cc1. The van der Waals surface area contributed by atoms with Gasteiger partial charge in [0.15, 0.2) is 12.4 Å². The molecule has 0 atom stereocenters. The molecule has 0 fully saturated rings. The lowest BCUT2D eigenvalue weighted by Gasteiger charge is -2.07. The lowest BCUT2D eigenvalue weighted by molar-refractivity contribution is 0.0920. The second-order valence-corrected chi connectivity index (χ2v) is 5.89. The zero-order chi connectivity index (χ0) is 13.8. The maximum atomic E-state index is 13.1. The van der Waals surface area contributed by atoms with Crippen molar-refractivity contribution >= 4 is 44.3 Å². The van der Waals surface area contributed by atoms with E-state index in [1.165, 1.54) is 12.1 Å². The first-order chi connectivity index (χ1) is 9.06. The van der Waals surface area contributed by atoms with E-state index in [1.54, 1.807) is 18.2 Å². The normalized spacial score (nSPS) is 10.3. The zero-order valence-corrected chi connectivity index (χ0v) is 13.4. The van der Waals surface area contributed by atoms with E-state index >= 15 is 0 Å². The lowest BCUT2D eigenvalue weighted by Crippen LogP contribution is -2.11. The van der Waals surface area contributed by atoms with Gasteiger partial charge in [-0.05, 0) is 62.8 Å². The Morgan fingerprint density at radius 2 is 1.89 bits per heavy atom. The van der Waals surface area contributed by atoms with Gasteiger partial charge in [0.05, 0.1) is 4.47 Å². The van der Waals surface area contributed by atoms with Crippen LogP contribution in [-0.2, 0) is 0 Å². The van der Waals surface area contributed by atoms with Gasteiger partial charge in [-0.1, -0.05) is 12.1 Å². The number of Topliss-reactive ketones (excluding diaryl/α,β-unsaturated/α-hetero) is 1. The molecular weight excluding hydrogens is 426 g/mol. The van der Waals surface area contributed by atoms with Gasteiger partial charge in [0.25, 0.3) is 0 Å². The van der Waals surface area contributed by atoms with Gasteiger partial charge in [0.1, 0.15) is 11.6 Å². The molecule has 2 nitrogen and oxygen atoms in total. The van der Waals surface area contributed by atoms with Crippen molar-refractivity contribution in [3.63, 3.8) is 0 Å². The van der Waals surface area contributed by atoms with Crippen LogP contribution in [0.25, 0.3) is 0 Å². The summed E-state index contributed by atoms with van der Waals surface area (Å²) in [6.07, 6.45) is 0. The van der Waals surface area contributed by atoms with Crippen LogP contribution in [0.1, 0.15) is 10.4 Å². The van der Waals surface area contributed by atoms with Crippen molar-refractivity contribution in [1.29, 1.82) is 0 Å². The van der Waals surface area contributed by atoms with E-state index in [1.807, 2.05) is 12.1 Å². The number of benzene rings is 2. The van der Waals surface area contributed by atoms with Crippen LogP contribution in [0.4, 0.5) is 4.39 Å². The minimum Gasteiger partial charge on any atom is -0.484 e. The minimum atomic E-state index is -0.403. The van der Waals surface area contributed by atoms with Crippen LogP contribution < -0.4 is 4.74 Å². The third kappa shape index (κ3) is 4.01. The Hall–Kier alpha value is -0.950. The van der Waals surface area contributed by atoms with E-state index in [0.29, 0.717) is 15.8 Å². The highest BCUT2D eigenvalue weighted by molar-refractivity contribution is 14.1. The Bertz CT molecular complexity index is 599. The standard InChI is InChI=1S/C14H9BrFIO2/c15-12-6-3-10(16)7-14(12)19-8-13(18)9-1-4-11(17)5-2-9/h1-7H,8H2. The number of rotatable bonds is 4. The molecule has 2 aromatic rings. The zero-order valence-electron chi connectivity index (χ0n) is 9.70. The average molecular weight is 435 g/mol. The highest BCUT2D eigenvalue weighted by atomic mass is 127. The van der Waals surface area contributed by atoms with Crippen LogP contribution in [-0.4, -0.2) is 12.4 Å². The van der Waals surface area contributed by atoms with Crippen LogP contribution >= 0.6 is 38.5 Å². The number of ether oxygens (including phenoxy) is 1. The van der Waals surface area contributed by atoms with E-state index < -0.39 is 5.82 Å². The second kappa shape index (κ2) is 6.47. The first-order valence-corrected chi connectivity index (χ1v) is 7.30. The highest BCUT2D eigenvalue weighted by Crippen LogP contribution is 2.25. The summed E-state index contributed by atoms with van der Waals surface area (Å²) in [6.45, 7) is -0.122. The minimum absolute atomic E-state index is 0.122. The molecule has 0 N–H and O–H groups in total. The quantitative estimate of drug-likeness (QED) is 0.524. The van der Waals surface area contributed by atoms with Crippen molar-refractivity contribution in [2.24, 2.45) is 0 Å². The van der Waals surface area contributed by atoms with E-state index in [4.69, 9.17) is 4.74 Å². The molecule has 5 heteroatoms. The van der Waals surface area contributed by atoms with Crippen LogP contribution in [0.2, 0.25) is 0 Å². The number of hydrogen-bond acceptors (Lipinski definition) is 2. The summed E-state index contributed by atoms with van der Waals surface area (Å²) in [7, 11) is 0. The summed E-state index contributed by atoms with van der Waals surface area (Å²) in [6, 6.07) is 11.3. The predicted octanol–water partition coefficient (Wildman–Crippen LogP) is 4.45. The molecule has 0 saturated heterocycles. The van der Waals surface area contributed by atoms with Crippen molar-refractivity contribution in [1.82, 2.24) is 0 Å². The molecule has 0 spiro atoms. The molecule has 0 aliphatic carbocycles. The molecule has 0 saturated carbocycles. The number of hydrogen-bond donors (Lipinski definition) is 0. The summed E-state index contributed by atoms with van der Waals surface area (Å²) in [4.78, 5) is 11.9. The fourth-order valence-corrected chi connectivity index (χ4v) is 2.17. The largest absolute Gasteiger partial charge is 0.484 e. The van der Waals surface area contributed by atoms with Crippen LogP contribution in [0.15, 0.2) is 46.9 Å². The molecule has 0 amide bonds. The van der Waals surface area contributed by atoms with Gasteiger partial charge in [-0.25, -0.2) is 4.39 Å². The van der Waals surface area contributed by atoms with E-state index in [0.717, 1.165) is 3.57 Å². The lowest BCUT2D eigenvalue weighted by atomic mass is 10.1. The number of halogens is 3. The monoisotopic (exact) mass is 434 g/mol. The number of ketones is 1. The Morgan fingerprint density at radius 1 is 1.21 bits per heavy atom. The molecular formula is C14H9BrFIO2. The van der Waals surface area contributed by atoms with Crippen LogP contribution in [0.5, 0.6) is 5.75 Å². The van der Waals surface area contributed by atoms with Gasteiger partial charge in [-0.2, -0.15) is 0 Å². The van der Waals surface area contributed by atoms with Gasteiger partial charge in [-0.3, -0.25) is 4.79 Å². The highest BCUT2D eigenvalue weighted by Gasteiger charge is 2.09. The Labute approximate surface area is 132 Å². The van der Waals surface area contributed by atoms with Crippen molar-refractivity contribution in [3.05, 3.63) is 61.9 Å². The summed E-state index contributed by atoms with van der Waals surface area (Å²) in [5, 5.41) is 0. The summed E-state index contributed by atoms with van der Waals surface area (Å²) >= 11 is 5.41. The van der Waals surface area contributed by atoms with E-state index in [2.05, 4.69) is 38.5 Å². The van der Waals surface area contributed by atoms with Crippen molar-refractivity contribution < 1.29 is 13.9 Å². The molecule has 0 bridgehead atoms. The molecule has 19 heavy (non-hydrogen) atoms. The maximum Gasteiger partial charge on any atom is 0.200 e. The van der Waals surface area contributed by atoms with Crippen LogP contribution in [0, 0.1) is 9.39 Å². The summed E-state index contributed by atoms with van der Waals surface area (Å²) < 4.78 is 20.1. The Kier molecular flexibility index (Phi) is 4.93. The first kappa shape index (κ1) is 14.5. The molecule has 98 valence electrons. The molecule has 0 aromatic heterocycles. The van der Waals surface area contributed by atoms with Crippen molar-refractivity contribution in [2.45, 2.75) is 0 Å². The van der Waals surface area contributed by atoms with Gasteiger partial charge >= 0.3 is 0 Å². The molecule has 0 radical (unpaired) electrons. The molecule has 0 aliphatic heterocycles. The molecule has 0 aliphatic rings. The third-order valence-corrected chi connectivity index (χ3v) is 3.79. The van der Waals surface area contributed by atoms with E-state index in [9.17, 15) is 9.18 Å². The maximum absolute atomic E-state index is 13.1. The topological polar surface area (TPSA) is 26.3 Å². The Balaban J connectivity index is 2.04. The summed E-state index contributed by atoms with van der Waals surface area (Å²) in [5.41, 5.74) is 0.577. The van der Waals surface area contributed by atoms with Gasteiger partial charge in [0.2, 0.25) is 0 Å². The smallest absolute Gasteiger partial charge is 0.200 e. The van der Waals surface area contributed by atoms with Crippen molar-refractivity contribution in [2.75, 3.05) is 6.61 Å². The van der Waals surface area contributed by atoms with Crippen molar-refractivity contribution in [3.8, 4) is 5.75 Å². The molecule has 0 heterocycles. The number of carbonyl (C=O) groups excluding carboxylic acids is 1. The second-order valence-electron chi connectivity index (χ2n) is 3.79. The first-order valence-electron chi connectivity index (χ1n) is 5.43. The van der Waals surface area contributed by atoms with Gasteiger partial charge < -0.3 is 4.74 Å². The molecule has 2 rings (SSSR count). The summed E-state index contributed by atoms with van der Waals surface area (Å²) in [5.74, 6) is -0.230. The predicted molar refractivity (Wildman–Crippen MR) is 83.1 cm³/mol. The van der Waals surface area contributed by atoms with Gasteiger partial charge in [-0.15, -0.1) is 0 Å². The fourth-order valence-electron chi connectivity index (χ4n) is 1.45. The number of carbonyl (C=O) groups is 1. The fraction of sp³-hybridized carbons (Fsp3) is 0.0714. The van der Waals surface area contributed by atoms with Gasteiger partial charge in [0, 0.05) is 15.2 Å². The third-order valence-electron chi connectivity index (χ3n) is 2.42. The Morgan fingerprint density at radius 3 is 2.58 bits per heavy atom. The molecule has 2 aromatic carbocycles. The van der Waals surface area contributed by atoms with E-state index in [-0.39, 0.29) is 12.4 Å². The average Bonchev–Trinajstić information content (AvgIpc) is 2.40.